The van der Waals surface area contributed by atoms with Crippen molar-refractivity contribution in [2.24, 2.45) is 0 Å². The molecule has 1 atom stereocenters. The number of morpholine rings is 1. The van der Waals surface area contributed by atoms with Crippen LogP contribution >= 0.6 is 0 Å². The zero-order valence-electron chi connectivity index (χ0n) is 17.1. The summed E-state index contributed by atoms with van der Waals surface area (Å²) in [5.41, 5.74) is 8.81. The van der Waals surface area contributed by atoms with E-state index in [1.165, 1.54) is 6.26 Å². The molecule has 1 saturated carbocycles. The molecule has 29 heavy (non-hydrogen) atoms. The number of nitrogens with zero attached hydrogens (tertiary/aromatic N) is 4. The van der Waals surface area contributed by atoms with Crippen LogP contribution in [0.15, 0.2) is 18.3 Å². The van der Waals surface area contributed by atoms with Crippen LogP contribution in [-0.4, -0.2) is 55.4 Å². The van der Waals surface area contributed by atoms with Crippen LogP contribution in [0.25, 0.3) is 11.3 Å². The zero-order valence-corrected chi connectivity index (χ0v) is 17.9. The molecule has 156 valence electrons. The number of nitrogens with two attached hydrogens (primary N) is 1. The molecule has 1 saturated heterocycles. The molecule has 4 rings (SSSR count). The van der Waals surface area contributed by atoms with Crippen LogP contribution in [0.1, 0.15) is 37.4 Å². The molecule has 2 aromatic heterocycles. The highest BCUT2D eigenvalue weighted by molar-refractivity contribution is 7.91. The fourth-order valence-electron chi connectivity index (χ4n) is 4.12. The molecule has 0 unspecified atom stereocenters. The maximum atomic E-state index is 12.7. The fraction of sp³-hybridized carbons (Fsp3) is 0.550. The van der Waals surface area contributed by atoms with E-state index in [-0.39, 0.29) is 6.04 Å². The van der Waals surface area contributed by atoms with Gasteiger partial charge in [0.15, 0.2) is 9.84 Å². The lowest BCUT2D eigenvalue weighted by atomic mass is 9.81. The lowest BCUT2D eigenvalue weighted by Crippen LogP contribution is -2.46. The largest absolute Gasteiger partial charge is 0.384 e. The van der Waals surface area contributed by atoms with Crippen molar-refractivity contribution >= 4 is 21.6 Å². The van der Waals surface area contributed by atoms with Crippen molar-refractivity contribution in [1.29, 1.82) is 0 Å². The lowest BCUT2D eigenvalue weighted by molar-refractivity contribution is 0.0980. The number of aromatic nitrogens is 3. The van der Waals surface area contributed by atoms with Crippen molar-refractivity contribution in [3.8, 4) is 11.3 Å². The summed E-state index contributed by atoms with van der Waals surface area (Å²) in [6, 6.07) is 3.71. The standard InChI is InChI=1S/C20H27N5O3S/c1-13-9-18(21)22-11-15(13)16-10-17(20(5-4-6-20)29(3,26)27)24-19(23-16)25-7-8-28-12-14(25)2/h9-11,14H,4-8,12H2,1-3H3,(H2,21,22)/t14-/m0/s1. The Hall–Kier alpha value is -2.26. The smallest absolute Gasteiger partial charge is 0.226 e. The van der Waals surface area contributed by atoms with Crippen LogP contribution in [0.2, 0.25) is 0 Å². The third-order valence-corrected chi connectivity index (χ3v) is 8.12. The van der Waals surface area contributed by atoms with Gasteiger partial charge in [0.05, 0.1) is 30.6 Å². The molecule has 1 aliphatic heterocycles. The third kappa shape index (κ3) is 3.46. The Morgan fingerprint density at radius 1 is 1.28 bits per heavy atom. The van der Waals surface area contributed by atoms with Gasteiger partial charge in [-0.15, -0.1) is 0 Å². The van der Waals surface area contributed by atoms with E-state index in [0.29, 0.717) is 55.8 Å². The summed E-state index contributed by atoms with van der Waals surface area (Å²) in [4.78, 5) is 15.9. The van der Waals surface area contributed by atoms with Gasteiger partial charge in [0.25, 0.3) is 0 Å². The molecule has 0 radical (unpaired) electrons. The van der Waals surface area contributed by atoms with Gasteiger partial charge in [0.2, 0.25) is 5.95 Å². The van der Waals surface area contributed by atoms with E-state index in [2.05, 4.69) is 16.8 Å². The third-order valence-electron chi connectivity index (χ3n) is 6.08. The summed E-state index contributed by atoms with van der Waals surface area (Å²) in [6.45, 7) is 5.84. The number of hydrogen-bond acceptors (Lipinski definition) is 8. The van der Waals surface area contributed by atoms with E-state index in [9.17, 15) is 8.42 Å². The molecule has 3 heterocycles. The van der Waals surface area contributed by atoms with Gasteiger partial charge >= 0.3 is 0 Å². The average Bonchev–Trinajstić information content (AvgIpc) is 2.59. The van der Waals surface area contributed by atoms with Crippen molar-refractivity contribution in [3.05, 3.63) is 29.6 Å². The summed E-state index contributed by atoms with van der Waals surface area (Å²) < 4.78 is 30.1. The molecule has 1 aliphatic carbocycles. The number of nitrogen functional groups attached to an aromatic ring is 1. The minimum Gasteiger partial charge on any atom is -0.384 e. The lowest BCUT2D eigenvalue weighted by Gasteiger charge is -2.40. The molecule has 0 amide bonds. The molecule has 2 aromatic rings. The summed E-state index contributed by atoms with van der Waals surface area (Å²) >= 11 is 0. The normalized spacial score (nSPS) is 21.6. The van der Waals surface area contributed by atoms with Crippen molar-refractivity contribution in [1.82, 2.24) is 15.0 Å². The van der Waals surface area contributed by atoms with Gasteiger partial charge in [-0.2, -0.15) is 0 Å². The molecule has 0 spiro atoms. The highest BCUT2D eigenvalue weighted by Gasteiger charge is 2.49. The van der Waals surface area contributed by atoms with Gasteiger partial charge < -0.3 is 15.4 Å². The number of pyridine rings is 1. The molecule has 2 N–H and O–H groups in total. The Kier molecular flexibility index (Phi) is 4.98. The average molecular weight is 418 g/mol. The predicted octanol–water partition coefficient (Wildman–Crippen LogP) is 2.08. The number of sulfone groups is 1. The molecule has 8 nitrogen and oxygen atoms in total. The minimum atomic E-state index is -3.33. The molecule has 0 aromatic carbocycles. The minimum absolute atomic E-state index is 0.105. The quantitative estimate of drug-likeness (QED) is 0.805. The van der Waals surface area contributed by atoms with Crippen LogP contribution < -0.4 is 10.6 Å². The van der Waals surface area contributed by atoms with Crippen LogP contribution in [-0.2, 0) is 19.3 Å². The summed E-state index contributed by atoms with van der Waals surface area (Å²) in [5.74, 6) is 0.980. The maximum absolute atomic E-state index is 12.7. The van der Waals surface area contributed by atoms with Crippen LogP contribution in [0.3, 0.4) is 0 Å². The van der Waals surface area contributed by atoms with Crippen LogP contribution in [0, 0.1) is 6.92 Å². The first-order valence-electron chi connectivity index (χ1n) is 9.87. The van der Waals surface area contributed by atoms with Crippen molar-refractivity contribution in [2.75, 3.05) is 36.6 Å². The van der Waals surface area contributed by atoms with E-state index in [1.807, 2.05) is 13.0 Å². The second-order valence-electron chi connectivity index (χ2n) is 8.10. The SMILES string of the molecule is Cc1cc(N)ncc1-c1cc(C2(S(C)(=O)=O)CCC2)nc(N2CCOC[C@@H]2C)n1. The van der Waals surface area contributed by atoms with Gasteiger partial charge in [0.1, 0.15) is 10.6 Å². The highest BCUT2D eigenvalue weighted by atomic mass is 32.2. The fourth-order valence-corrected chi connectivity index (χ4v) is 5.63. The molecule has 9 heteroatoms. The Labute approximate surface area is 171 Å². The number of hydrogen-bond donors (Lipinski definition) is 1. The first kappa shape index (κ1) is 20.0. The number of ether oxygens (including phenoxy) is 1. The first-order chi connectivity index (χ1) is 13.7. The van der Waals surface area contributed by atoms with E-state index in [4.69, 9.17) is 20.4 Å². The van der Waals surface area contributed by atoms with Crippen LogP contribution in [0.4, 0.5) is 11.8 Å². The summed E-state index contributed by atoms with van der Waals surface area (Å²) in [7, 11) is -3.33. The van der Waals surface area contributed by atoms with E-state index < -0.39 is 14.6 Å². The zero-order chi connectivity index (χ0) is 20.8. The number of aryl methyl sites for hydroxylation is 1. The summed E-state index contributed by atoms with van der Waals surface area (Å²) in [6.07, 6.45) is 5.04. The monoisotopic (exact) mass is 417 g/mol. The Morgan fingerprint density at radius 2 is 2.03 bits per heavy atom. The number of anilines is 2. The molecule has 2 aliphatic rings. The van der Waals surface area contributed by atoms with Gasteiger partial charge in [-0.25, -0.2) is 23.4 Å². The molecular formula is C20H27N5O3S. The predicted molar refractivity (Wildman–Crippen MR) is 112 cm³/mol. The Bertz CT molecular complexity index is 1040. The van der Waals surface area contributed by atoms with Crippen LogP contribution in [0.5, 0.6) is 0 Å². The Morgan fingerprint density at radius 3 is 2.62 bits per heavy atom. The highest BCUT2D eigenvalue weighted by Crippen LogP contribution is 2.48. The van der Waals surface area contributed by atoms with Gasteiger partial charge in [0, 0.05) is 24.6 Å². The van der Waals surface area contributed by atoms with Gasteiger partial charge in [-0.3, -0.25) is 0 Å². The molecule has 0 bridgehead atoms. The van der Waals surface area contributed by atoms with Crippen molar-refractivity contribution in [2.45, 2.75) is 43.9 Å². The Balaban J connectivity index is 1.90. The second-order valence-corrected chi connectivity index (χ2v) is 10.4. The maximum Gasteiger partial charge on any atom is 0.226 e. The topological polar surface area (TPSA) is 111 Å². The van der Waals surface area contributed by atoms with E-state index >= 15 is 0 Å². The summed E-state index contributed by atoms with van der Waals surface area (Å²) in [5, 5.41) is 0. The number of rotatable bonds is 4. The van der Waals surface area contributed by atoms with Gasteiger partial charge in [-0.1, -0.05) is 0 Å². The van der Waals surface area contributed by atoms with E-state index in [1.54, 1.807) is 12.3 Å². The van der Waals surface area contributed by atoms with Crippen molar-refractivity contribution < 1.29 is 13.2 Å². The molecular weight excluding hydrogens is 390 g/mol. The van der Waals surface area contributed by atoms with Crippen molar-refractivity contribution in [3.63, 3.8) is 0 Å². The molecule has 2 fully saturated rings. The second kappa shape index (κ2) is 7.21. The van der Waals surface area contributed by atoms with Gasteiger partial charge in [-0.05, 0) is 50.8 Å². The first-order valence-corrected chi connectivity index (χ1v) is 11.8. The van der Waals surface area contributed by atoms with E-state index in [0.717, 1.165) is 17.5 Å².